The lowest BCUT2D eigenvalue weighted by Crippen LogP contribution is -1.97. The lowest BCUT2D eigenvalue weighted by molar-refractivity contribution is 0.184. The summed E-state index contributed by atoms with van der Waals surface area (Å²) in [7, 11) is 1.75. The van der Waals surface area contributed by atoms with Crippen LogP contribution in [0.15, 0.2) is 103 Å². The van der Waals surface area contributed by atoms with E-state index in [1.54, 1.807) is 7.11 Å². The van der Waals surface area contributed by atoms with Gasteiger partial charge >= 0.3 is 0 Å². The quantitative estimate of drug-likeness (QED) is 0.256. The summed E-state index contributed by atoms with van der Waals surface area (Å²) in [5, 5.41) is 0. The van der Waals surface area contributed by atoms with E-state index in [1.165, 1.54) is 22.3 Å². The standard InChI is InChI=1S/C32H28O/c1-33-25-32-30(21-19-27-13-7-3-8-14-27)23-29(18-17-26-11-5-2-6-12-26)24-31(32)22-20-28-15-9-4-10-16-28/h2-24H,25H2,1H3. The first kappa shape index (κ1) is 22.3. The highest BCUT2D eigenvalue weighted by molar-refractivity contribution is 5.81. The average Bonchev–Trinajstić information content (AvgIpc) is 2.88. The van der Waals surface area contributed by atoms with Crippen LogP contribution in [0.2, 0.25) is 0 Å². The largest absolute Gasteiger partial charge is 0.380 e. The van der Waals surface area contributed by atoms with Crippen LogP contribution in [0.3, 0.4) is 0 Å². The molecule has 1 heteroatoms. The summed E-state index contributed by atoms with van der Waals surface area (Å²) in [6, 6.07) is 35.6. The van der Waals surface area contributed by atoms with Crippen LogP contribution in [0.25, 0.3) is 36.5 Å². The van der Waals surface area contributed by atoms with Crippen LogP contribution >= 0.6 is 0 Å². The van der Waals surface area contributed by atoms with Crippen LogP contribution in [0, 0.1) is 0 Å². The molecule has 4 rings (SSSR count). The number of ether oxygens (including phenoxy) is 1. The van der Waals surface area contributed by atoms with Crippen LogP contribution in [-0.2, 0) is 11.3 Å². The van der Waals surface area contributed by atoms with Gasteiger partial charge in [-0.15, -0.1) is 0 Å². The van der Waals surface area contributed by atoms with Gasteiger partial charge in [-0.3, -0.25) is 0 Å². The third-order valence-corrected chi connectivity index (χ3v) is 5.41. The molecule has 0 fully saturated rings. The summed E-state index contributed by atoms with van der Waals surface area (Å²) < 4.78 is 5.60. The highest BCUT2D eigenvalue weighted by Gasteiger charge is 2.07. The Hall–Kier alpha value is -3.94. The molecule has 33 heavy (non-hydrogen) atoms. The monoisotopic (exact) mass is 428 g/mol. The van der Waals surface area contributed by atoms with E-state index in [4.69, 9.17) is 4.74 Å². The smallest absolute Gasteiger partial charge is 0.0724 e. The highest BCUT2D eigenvalue weighted by Crippen LogP contribution is 2.25. The maximum Gasteiger partial charge on any atom is 0.0724 e. The van der Waals surface area contributed by atoms with Crippen LogP contribution in [0.1, 0.15) is 38.9 Å². The zero-order valence-corrected chi connectivity index (χ0v) is 18.9. The maximum absolute atomic E-state index is 5.60. The molecular weight excluding hydrogens is 400 g/mol. The third-order valence-electron chi connectivity index (χ3n) is 5.41. The molecule has 0 saturated carbocycles. The first-order valence-corrected chi connectivity index (χ1v) is 11.2. The van der Waals surface area contributed by atoms with Gasteiger partial charge < -0.3 is 4.74 Å². The molecule has 0 atom stereocenters. The first-order valence-electron chi connectivity index (χ1n) is 11.2. The molecule has 0 saturated heterocycles. The molecule has 0 aliphatic carbocycles. The Bertz CT molecular complexity index is 1160. The van der Waals surface area contributed by atoms with E-state index in [1.807, 2.05) is 18.2 Å². The minimum Gasteiger partial charge on any atom is -0.380 e. The van der Waals surface area contributed by atoms with E-state index in [0.717, 1.165) is 16.7 Å². The number of hydrogen-bond acceptors (Lipinski definition) is 1. The van der Waals surface area contributed by atoms with Gasteiger partial charge in [-0.1, -0.05) is 127 Å². The second-order valence-corrected chi connectivity index (χ2v) is 7.84. The summed E-state index contributed by atoms with van der Waals surface area (Å²) >= 11 is 0. The predicted molar refractivity (Wildman–Crippen MR) is 143 cm³/mol. The van der Waals surface area contributed by atoms with Crippen molar-refractivity contribution in [2.75, 3.05) is 7.11 Å². The molecule has 0 heterocycles. The SMILES string of the molecule is COCc1c(C=Cc2ccccc2)cc(C=Cc2ccccc2)cc1C=Cc1ccccc1. The Labute approximate surface area is 197 Å². The summed E-state index contributed by atoms with van der Waals surface area (Å²) in [6.07, 6.45) is 13.0. The van der Waals surface area contributed by atoms with Crippen LogP contribution in [-0.4, -0.2) is 7.11 Å². The van der Waals surface area contributed by atoms with E-state index >= 15 is 0 Å². The van der Waals surface area contributed by atoms with Gasteiger partial charge in [0.25, 0.3) is 0 Å². The third kappa shape index (κ3) is 6.52. The van der Waals surface area contributed by atoms with Crippen LogP contribution in [0.4, 0.5) is 0 Å². The fraction of sp³-hybridized carbons (Fsp3) is 0.0625. The molecule has 4 aromatic carbocycles. The van der Waals surface area contributed by atoms with Crippen molar-refractivity contribution in [1.82, 2.24) is 0 Å². The molecule has 0 unspecified atom stereocenters. The Morgan fingerprint density at radius 2 is 0.848 bits per heavy atom. The molecule has 4 aromatic rings. The molecule has 1 nitrogen and oxygen atoms in total. The van der Waals surface area contributed by atoms with Crippen molar-refractivity contribution in [3.05, 3.63) is 142 Å². The fourth-order valence-corrected chi connectivity index (χ4v) is 3.70. The van der Waals surface area contributed by atoms with E-state index < -0.39 is 0 Å². The fourth-order valence-electron chi connectivity index (χ4n) is 3.70. The summed E-state index contributed by atoms with van der Waals surface area (Å²) in [4.78, 5) is 0. The molecule has 0 amide bonds. The molecule has 0 aliphatic rings. The van der Waals surface area contributed by atoms with Gasteiger partial charge in [0, 0.05) is 7.11 Å². The van der Waals surface area contributed by atoms with Crippen molar-refractivity contribution in [3.63, 3.8) is 0 Å². The zero-order chi connectivity index (χ0) is 22.7. The second-order valence-electron chi connectivity index (χ2n) is 7.84. The molecule has 0 aromatic heterocycles. The van der Waals surface area contributed by atoms with Crippen molar-refractivity contribution in [2.24, 2.45) is 0 Å². The lowest BCUT2D eigenvalue weighted by atomic mass is 9.95. The van der Waals surface area contributed by atoms with Gasteiger partial charge in [-0.2, -0.15) is 0 Å². The zero-order valence-electron chi connectivity index (χ0n) is 18.9. The van der Waals surface area contributed by atoms with E-state index in [2.05, 4.69) is 121 Å². The minimum atomic E-state index is 0.547. The molecule has 0 aliphatic heterocycles. The Kier molecular flexibility index (Phi) is 7.83. The maximum atomic E-state index is 5.60. The molecule has 0 radical (unpaired) electrons. The Morgan fingerprint density at radius 3 is 1.24 bits per heavy atom. The van der Waals surface area contributed by atoms with Gasteiger partial charge in [0.2, 0.25) is 0 Å². The van der Waals surface area contributed by atoms with Crippen molar-refractivity contribution < 1.29 is 4.74 Å². The van der Waals surface area contributed by atoms with Crippen LogP contribution < -0.4 is 0 Å². The Morgan fingerprint density at radius 1 is 0.485 bits per heavy atom. The van der Waals surface area contributed by atoms with Gasteiger partial charge in [0.15, 0.2) is 0 Å². The van der Waals surface area contributed by atoms with E-state index in [9.17, 15) is 0 Å². The van der Waals surface area contributed by atoms with Gasteiger partial charge in [0.1, 0.15) is 0 Å². The number of rotatable bonds is 8. The predicted octanol–water partition coefficient (Wildman–Crippen LogP) is 8.34. The van der Waals surface area contributed by atoms with Crippen molar-refractivity contribution in [1.29, 1.82) is 0 Å². The summed E-state index contributed by atoms with van der Waals surface area (Å²) in [5.74, 6) is 0. The summed E-state index contributed by atoms with van der Waals surface area (Å²) in [5.41, 5.74) is 8.17. The van der Waals surface area contributed by atoms with E-state index in [0.29, 0.717) is 6.61 Å². The summed E-state index contributed by atoms with van der Waals surface area (Å²) in [6.45, 7) is 0.547. The highest BCUT2D eigenvalue weighted by atomic mass is 16.5. The number of hydrogen-bond donors (Lipinski definition) is 0. The average molecular weight is 429 g/mol. The van der Waals surface area contributed by atoms with Crippen molar-refractivity contribution >= 4 is 36.5 Å². The first-order chi connectivity index (χ1) is 16.3. The molecule has 0 spiro atoms. The van der Waals surface area contributed by atoms with Crippen LogP contribution in [0.5, 0.6) is 0 Å². The normalized spacial score (nSPS) is 11.7. The molecule has 162 valence electrons. The van der Waals surface area contributed by atoms with Gasteiger partial charge in [-0.25, -0.2) is 0 Å². The van der Waals surface area contributed by atoms with E-state index in [-0.39, 0.29) is 0 Å². The van der Waals surface area contributed by atoms with Crippen molar-refractivity contribution in [3.8, 4) is 0 Å². The number of methoxy groups -OCH3 is 1. The van der Waals surface area contributed by atoms with Crippen molar-refractivity contribution in [2.45, 2.75) is 6.61 Å². The molecular formula is C32H28O. The van der Waals surface area contributed by atoms with Gasteiger partial charge in [-0.05, 0) is 51.1 Å². The molecule has 0 N–H and O–H groups in total. The number of benzene rings is 4. The topological polar surface area (TPSA) is 9.23 Å². The molecule has 0 bridgehead atoms. The Balaban J connectivity index is 1.77. The lowest BCUT2D eigenvalue weighted by Gasteiger charge is -2.12. The van der Waals surface area contributed by atoms with Gasteiger partial charge in [0.05, 0.1) is 6.61 Å². The minimum absolute atomic E-state index is 0.547. The second kappa shape index (κ2) is 11.6.